The summed E-state index contributed by atoms with van der Waals surface area (Å²) in [5.74, 6) is -1.27. The normalized spacial score (nSPS) is 9.78. The molecular formula is C19H16O8. The minimum absolute atomic E-state index is 0.0227. The van der Waals surface area contributed by atoms with Crippen molar-refractivity contribution in [3.8, 4) is 11.5 Å². The van der Waals surface area contributed by atoms with E-state index >= 15 is 0 Å². The van der Waals surface area contributed by atoms with Gasteiger partial charge in [-0.05, 0) is 30.7 Å². The molecule has 0 aliphatic rings. The van der Waals surface area contributed by atoms with E-state index in [2.05, 4.69) is 9.47 Å². The lowest BCUT2D eigenvalue weighted by molar-refractivity contribution is -0.140. The number of rotatable bonds is 6. The van der Waals surface area contributed by atoms with Crippen LogP contribution in [0.3, 0.4) is 0 Å². The quantitative estimate of drug-likeness (QED) is 0.430. The first kappa shape index (κ1) is 19.6. The summed E-state index contributed by atoms with van der Waals surface area (Å²) in [5.41, 5.74) is 0. The molecule has 8 nitrogen and oxygen atoms in total. The highest BCUT2D eigenvalue weighted by atomic mass is 16.7. The molecule has 0 saturated heterocycles. The summed E-state index contributed by atoms with van der Waals surface area (Å²) in [6.07, 6.45) is -2.77. The molecule has 0 radical (unpaired) electrons. The summed E-state index contributed by atoms with van der Waals surface area (Å²) in [4.78, 5) is 45.9. The molecule has 0 unspecified atom stereocenters. The first-order valence-corrected chi connectivity index (χ1v) is 7.98. The Balaban J connectivity index is 1.62. The van der Waals surface area contributed by atoms with Gasteiger partial charge in [0, 0.05) is 12.8 Å². The molecule has 27 heavy (non-hydrogen) atoms. The second kappa shape index (κ2) is 10.3. The minimum Gasteiger partial charge on any atom is -0.395 e. The summed E-state index contributed by atoms with van der Waals surface area (Å²) < 4.78 is 18.5. The zero-order chi connectivity index (χ0) is 19.5. The third kappa shape index (κ3) is 7.82. The highest BCUT2D eigenvalue weighted by molar-refractivity contribution is 5.84. The van der Waals surface area contributed by atoms with Crippen molar-refractivity contribution in [2.75, 3.05) is 0 Å². The second-order valence-corrected chi connectivity index (χ2v) is 5.13. The van der Waals surface area contributed by atoms with E-state index in [4.69, 9.17) is 9.47 Å². The largest absolute Gasteiger partial charge is 0.521 e. The van der Waals surface area contributed by atoms with Crippen molar-refractivity contribution in [1.82, 2.24) is 0 Å². The minimum atomic E-state index is -1.17. The lowest BCUT2D eigenvalue weighted by Crippen LogP contribution is -2.18. The predicted molar refractivity (Wildman–Crippen MR) is 91.0 cm³/mol. The molecule has 0 bridgehead atoms. The summed E-state index contributed by atoms with van der Waals surface area (Å²) in [7, 11) is 0. The molecule has 2 aromatic carbocycles. The molecule has 0 N–H and O–H groups in total. The van der Waals surface area contributed by atoms with Crippen LogP contribution in [0.15, 0.2) is 60.7 Å². The average Bonchev–Trinajstić information content (AvgIpc) is 2.63. The highest BCUT2D eigenvalue weighted by Gasteiger charge is 2.16. The van der Waals surface area contributed by atoms with Crippen LogP contribution in [0, 0.1) is 0 Å². The van der Waals surface area contributed by atoms with E-state index < -0.39 is 24.2 Å². The molecule has 8 heteroatoms. The fraction of sp³-hybridized carbons (Fsp3) is 0.158. The summed E-state index contributed by atoms with van der Waals surface area (Å²) in [6.45, 7) is 0. The van der Waals surface area contributed by atoms with E-state index in [9.17, 15) is 19.2 Å². The number of hydrogen-bond donors (Lipinski definition) is 0. The fourth-order valence-electron chi connectivity index (χ4n) is 1.88. The summed E-state index contributed by atoms with van der Waals surface area (Å²) in [6, 6.07) is 16.2. The van der Waals surface area contributed by atoms with Crippen LogP contribution in [0.5, 0.6) is 11.5 Å². The van der Waals surface area contributed by atoms with Crippen molar-refractivity contribution in [2.24, 2.45) is 0 Å². The third-order valence-electron chi connectivity index (χ3n) is 3.04. The predicted octanol–water partition coefficient (Wildman–Crippen LogP) is 3.64. The molecular weight excluding hydrogens is 356 g/mol. The maximum atomic E-state index is 11.5. The van der Waals surface area contributed by atoms with E-state index in [-0.39, 0.29) is 30.8 Å². The third-order valence-corrected chi connectivity index (χ3v) is 3.04. The van der Waals surface area contributed by atoms with Gasteiger partial charge >= 0.3 is 24.2 Å². The molecule has 2 aromatic rings. The maximum absolute atomic E-state index is 11.5. The van der Waals surface area contributed by atoms with Gasteiger partial charge in [0.05, 0.1) is 0 Å². The number of esters is 2. The Morgan fingerprint density at radius 1 is 0.593 bits per heavy atom. The number of carbonyl (C=O) groups excluding carboxylic acids is 4. The summed E-state index contributed by atoms with van der Waals surface area (Å²) >= 11 is 0. The Hall–Kier alpha value is -3.68. The molecule has 0 spiro atoms. The van der Waals surface area contributed by atoms with Crippen LogP contribution in [0.25, 0.3) is 0 Å². The zero-order valence-electron chi connectivity index (χ0n) is 14.2. The first-order chi connectivity index (χ1) is 13.0. The van der Waals surface area contributed by atoms with Crippen molar-refractivity contribution in [3.05, 3.63) is 60.7 Å². The Kier molecular flexibility index (Phi) is 7.52. The van der Waals surface area contributed by atoms with Crippen LogP contribution >= 0.6 is 0 Å². The van der Waals surface area contributed by atoms with Crippen LogP contribution in [-0.4, -0.2) is 24.2 Å². The topological polar surface area (TPSA) is 105 Å². The molecule has 0 atom stereocenters. The van der Waals surface area contributed by atoms with Gasteiger partial charge < -0.3 is 18.9 Å². The van der Waals surface area contributed by atoms with Crippen LogP contribution in [-0.2, 0) is 19.1 Å². The average molecular weight is 372 g/mol. The van der Waals surface area contributed by atoms with Crippen LogP contribution in [0.1, 0.15) is 19.3 Å². The van der Waals surface area contributed by atoms with Crippen molar-refractivity contribution < 1.29 is 38.1 Å². The SMILES string of the molecule is O=C(CCCC(=O)OC(=O)Oc1ccccc1)OC(=O)Oc1ccccc1. The molecule has 0 aliphatic carbocycles. The number of para-hydroxylation sites is 2. The van der Waals surface area contributed by atoms with E-state index in [0.29, 0.717) is 0 Å². The number of hydrogen-bond acceptors (Lipinski definition) is 8. The Morgan fingerprint density at radius 3 is 1.33 bits per heavy atom. The summed E-state index contributed by atoms with van der Waals surface area (Å²) in [5, 5.41) is 0. The molecule has 0 heterocycles. The van der Waals surface area contributed by atoms with E-state index in [1.165, 1.54) is 24.3 Å². The van der Waals surface area contributed by atoms with Crippen molar-refractivity contribution in [1.29, 1.82) is 0 Å². The highest BCUT2D eigenvalue weighted by Crippen LogP contribution is 2.11. The Morgan fingerprint density at radius 2 is 0.963 bits per heavy atom. The lowest BCUT2D eigenvalue weighted by atomic mass is 10.2. The monoisotopic (exact) mass is 372 g/mol. The first-order valence-electron chi connectivity index (χ1n) is 7.98. The maximum Gasteiger partial charge on any atom is 0.521 e. The van der Waals surface area contributed by atoms with Crippen molar-refractivity contribution in [2.45, 2.75) is 19.3 Å². The molecule has 0 aromatic heterocycles. The van der Waals surface area contributed by atoms with E-state index in [0.717, 1.165) is 0 Å². The van der Waals surface area contributed by atoms with Gasteiger partial charge in [0.1, 0.15) is 11.5 Å². The van der Waals surface area contributed by atoms with Gasteiger partial charge in [0.2, 0.25) is 0 Å². The van der Waals surface area contributed by atoms with Gasteiger partial charge in [-0.15, -0.1) is 0 Å². The second-order valence-electron chi connectivity index (χ2n) is 5.13. The standard InChI is InChI=1S/C19H16O8/c20-16(26-18(22)24-14-8-3-1-4-9-14)12-7-13-17(21)27-19(23)25-15-10-5-2-6-11-15/h1-6,8-11H,7,12-13H2. The Labute approximate surface area is 154 Å². The van der Waals surface area contributed by atoms with Gasteiger partial charge in [-0.1, -0.05) is 36.4 Å². The fourth-order valence-corrected chi connectivity index (χ4v) is 1.88. The van der Waals surface area contributed by atoms with Gasteiger partial charge in [0.25, 0.3) is 0 Å². The molecule has 0 amide bonds. The molecule has 0 fully saturated rings. The van der Waals surface area contributed by atoms with Gasteiger partial charge in [-0.25, -0.2) is 9.59 Å². The number of ether oxygens (including phenoxy) is 4. The Bertz CT molecular complexity index is 718. The van der Waals surface area contributed by atoms with Crippen LogP contribution in [0.2, 0.25) is 0 Å². The molecule has 2 rings (SSSR count). The number of benzene rings is 2. The van der Waals surface area contributed by atoms with Crippen LogP contribution in [0.4, 0.5) is 9.59 Å². The number of carbonyl (C=O) groups is 4. The van der Waals surface area contributed by atoms with Gasteiger partial charge in [-0.3, -0.25) is 9.59 Å². The lowest BCUT2D eigenvalue weighted by Gasteiger charge is -2.05. The van der Waals surface area contributed by atoms with Crippen LogP contribution < -0.4 is 9.47 Å². The van der Waals surface area contributed by atoms with Crippen molar-refractivity contribution in [3.63, 3.8) is 0 Å². The van der Waals surface area contributed by atoms with Gasteiger partial charge in [-0.2, -0.15) is 0 Å². The molecule has 0 saturated carbocycles. The smallest absolute Gasteiger partial charge is 0.395 e. The van der Waals surface area contributed by atoms with Gasteiger partial charge in [0.15, 0.2) is 0 Å². The zero-order valence-corrected chi connectivity index (χ0v) is 14.2. The molecule has 140 valence electrons. The van der Waals surface area contributed by atoms with E-state index in [1.807, 2.05) is 0 Å². The van der Waals surface area contributed by atoms with E-state index in [1.54, 1.807) is 36.4 Å². The van der Waals surface area contributed by atoms with Crippen molar-refractivity contribution >= 4 is 24.2 Å². The molecule has 0 aliphatic heterocycles.